The summed E-state index contributed by atoms with van der Waals surface area (Å²) in [5.74, 6) is -0.532. The molecule has 0 fully saturated rings. The summed E-state index contributed by atoms with van der Waals surface area (Å²) in [6.45, 7) is 0.402. The Morgan fingerprint density at radius 1 is 1.08 bits per heavy atom. The van der Waals surface area contributed by atoms with Crippen LogP contribution in [-0.4, -0.2) is 27.0 Å². The fraction of sp³-hybridized carbons (Fsp3) is 0.300. The summed E-state index contributed by atoms with van der Waals surface area (Å²) in [5.41, 5.74) is 4.86. The fourth-order valence-electron chi connectivity index (χ4n) is 3.45. The number of fused-ring (bicyclic) bond motifs is 1. The van der Waals surface area contributed by atoms with Crippen LogP contribution in [0, 0.1) is 0 Å². The molecule has 6 nitrogen and oxygen atoms in total. The lowest BCUT2D eigenvalue weighted by Crippen LogP contribution is -2.34. The van der Waals surface area contributed by atoms with E-state index < -0.39 is 5.91 Å². The number of rotatable bonds is 6. The number of amides is 2. The Morgan fingerprint density at radius 3 is 2.54 bits per heavy atom. The molecule has 3 rings (SSSR count). The van der Waals surface area contributed by atoms with Crippen LogP contribution in [0.15, 0.2) is 48.5 Å². The van der Waals surface area contributed by atoms with Crippen molar-refractivity contribution >= 4 is 11.8 Å². The molecule has 0 aliphatic heterocycles. The number of hydrogen-bond acceptors (Lipinski definition) is 4. The Morgan fingerprint density at radius 2 is 1.81 bits per heavy atom. The topological polar surface area (TPSA) is 89.9 Å². The molecule has 2 aromatic rings. The molecule has 2 aromatic carbocycles. The first-order chi connectivity index (χ1) is 12.6. The van der Waals surface area contributed by atoms with Crippen molar-refractivity contribution in [3.8, 4) is 5.75 Å². The van der Waals surface area contributed by atoms with E-state index in [9.17, 15) is 14.7 Å². The standard InChI is InChI=1S/C20H22N2O4/c23-16-8-5-14(6-9-16)13-22(20(25)12-11-19(24)21-26)18-10-7-15-3-1-2-4-17(15)18/h1-6,8-9,18,23,26H,7,10-13H2,(H,21,24)/t18-/m0/s1. The number of hydrogen-bond donors (Lipinski definition) is 3. The third kappa shape index (κ3) is 4.03. The van der Waals surface area contributed by atoms with Crippen LogP contribution < -0.4 is 5.48 Å². The molecule has 1 aliphatic rings. The number of phenols is 1. The first-order valence-corrected chi connectivity index (χ1v) is 8.66. The van der Waals surface area contributed by atoms with Crippen molar-refractivity contribution in [3.63, 3.8) is 0 Å². The Bertz CT molecular complexity index is 789. The van der Waals surface area contributed by atoms with E-state index in [1.165, 1.54) is 5.56 Å². The van der Waals surface area contributed by atoms with Crippen molar-refractivity contribution in [3.05, 3.63) is 65.2 Å². The number of carbonyl (C=O) groups is 2. The molecule has 6 heteroatoms. The molecular weight excluding hydrogens is 332 g/mol. The van der Waals surface area contributed by atoms with E-state index in [4.69, 9.17) is 5.21 Å². The van der Waals surface area contributed by atoms with E-state index >= 15 is 0 Å². The second kappa shape index (κ2) is 8.01. The minimum atomic E-state index is -0.574. The highest BCUT2D eigenvalue weighted by molar-refractivity contribution is 5.83. The summed E-state index contributed by atoms with van der Waals surface area (Å²) in [6.07, 6.45) is 1.73. The van der Waals surface area contributed by atoms with E-state index in [1.807, 2.05) is 18.2 Å². The number of aryl methyl sites for hydroxylation is 1. The van der Waals surface area contributed by atoms with Gasteiger partial charge in [0.25, 0.3) is 0 Å². The second-order valence-corrected chi connectivity index (χ2v) is 6.48. The summed E-state index contributed by atoms with van der Waals surface area (Å²) in [4.78, 5) is 25.9. The molecule has 0 saturated carbocycles. The van der Waals surface area contributed by atoms with E-state index in [2.05, 4.69) is 6.07 Å². The predicted molar refractivity (Wildman–Crippen MR) is 95.3 cm³/mol. The van der Waals surface area contributed by atoms with Gasteiger partial charge in [0.15, 0.2) is 0 Å². The number of hydroxylamine groups is 1. The van der Waals surface area contributed by atoms with Crippen molar-refractivity contribution in [1.29, 1.82) is 0 Å². The van der Waals surface area contributed by atoms with Crippen LogP contribution in [-0.2, 0) is 22.6 Å². The molecule has 0 saturated heterocycles. The van der Waals surface area contributed by atoms with E-state index in [1.54, 1.807) is 34.6 Å². The molecule has 1 aliphatic carbocycles. The SMILES string of the molecule is O=C(CCC(=O)N(Cc1ccc(O)cc1)[C@H]1CCc2ccccc21)NO. The first-order valence-electron chi connectivity index (χ1n) is 8.66. The zero-order chi connectivity index (χ0) is 18.5. The molecule has 0 spiro atoms. The maximum atomic E-state index is 12.8. The smallest absolute Gasteiger partial charge is 0.243 e. The molecule has 1 atom stereocenters. The molecule has 26 heavy (non-hydrogen) atoms. The summed E-state index contributed by atoms with van der Waals surface area (Å²) >= 11 is 0. The molecule has 0 heterocycles. The maximum absolute atomic E-state index is 12.8. The quantitative estimate of drug-likeness (QED) is 0.550. The van der Waals surface area contributed by atoms with Gasteiger partial charge in [0, 0.05) is 19.4 Å². The van der Waals surface area contributed by atoms with Gasteiger partial charge in [-0.2, -0.15) is 0 Å². The molecule has 2 amide bonds. The monoisotopic (exact) mass is 354 g/mol. The lowest BCUT2D eigenvalue weighted by Gasteiger charge is -2.30. The predicted octanol–water partition coefficient (Wildman–Crippen LogP) is 2.69. The van der Waals surface area contributed by atoms with Crippen LogP contribution in [0.25, 0.3) is 0 Å². The highest BCUT2D eigenvalue weighted by atomic mass is 16.5. The van der Waals surface area contributed by atoms with Crippen molar-refractivity contribution in [2.45, 2.75) is 38.3 Å². The first kappa shape index (κ1) is 17.9. The van der Waals surface area contributed by atoms with Crippen molar-refractivity contribution in [1.82, 2.24) is 10.4 Å². The molecular formula is C20H22N2O4. The summed E-state index contributed by atoms with van der Waals surface area (Å²) < 4.78 is 0. The van der Waals surface area contributed by atoms with Gasteiger partial charge in [-0.05, 0) is 41.7 Å². The molecule has 0 bridgehead atoms. The van der Waals surface area contributed by atoms with Gasteiger partial charge in [0.1, 0.15) is 5.75 Å². The van der Waals surface area contributed by atoms with Crippen LogP contribution >= 0.6 is 0 Å². The number of nitrogens with one attached hydrogen (secondary N) is 1. The number of phenolic OH excluding ortho intramolecular Hbond substituents is 1. The zero-order valence-corrected chi connectivity index (χ0v) is 14.4. The average molecular weight is 354 g/mol. The average Bonchev–Trinajstić information content (AvgIpc) is 3.09. The minimum absolute atomic E-state index is 0.0309. The van der Waals surface area contributed by atoms with Gasteiger partial charge >= 0.3 is 0 Å². The summed E-state index contributed by atoms with van der Waals surface area (Å²) in [6, 6.07) is 14.8. The van der Waals surface area contributed by atoms with E-state index in [-0.39, 0.29) is 30.5 Å². The second-order valence-electron chi connectivity index (χ2n) is 6.48. The number of nitrogens with zero attached hydrogens (tertiary/aromatic N) is 1. The third-order valence-corrected chi connectivity index (χ3v) is 4.78. The Balaban J connectivity index is 1.83. The summed E-state index contributed by atoms with van der Waals surface area (Å²) in [5, 5.41) is 18.1. The van der Waals surface area contributed by atoms with Gasteiger partial charge in [0.05, 0.1) is 6.04 Å². The lowest BCUT2D eigenvalue weighted by atomic mass is 10.0. The maximum Gasteiger partial charge on any atom is 0.243 e. The number of benzene rings is 2. The minimum Gasteiger partial charge on any atom is -0.508 e. The van der Waals surface area contributed by atoms with Crippen LogP contribution in [0.5, 0.6) is 5.75 Å². The van der Waals surface area contributed by atoms with Crippen LogP contribution in [0.3, 0.4) is 0 Å². The number of aromatic hydroxyl groups is 1. The highest BCUT2D eigenvalue weighted by Crippen LogP contribution is 2.37. The van der Waals surface area contributed by atoms with Crippen molar-refractivity contribution < 1.29 is 19.9 Å². The lowest BCUT2D eigenvalue weighted by molar-refractivity contribution is -0.138. The largest absolute Gasteiger partial charge is 0.508 e. The van der Waals surface area contributed by atoms with Crippen LogP contribution in [0.4, 0.5) is 0 Å². The van der Waals surface area contributed by atoms with E-state index in [0.29, 0.717) is 6.54 Å². The molecule has 0 aromatic heterocycles. The van der Waals surface area contributed by atoms with Gasteiger partial charge in [-0.1, -0.05) is 36.4 Å². The zero-order valence-electron chi connectivity index (χ0n) is 14.4. The molecule has 3 N–H and O–H groups in total. The number of carbonyl (C=O) groups excluding carboxylic acids is 2. The fourth-order valence-corrected chi connectivity index (χ4v) is 3.45. The van der Waals surface area contributed by atoms with Gasteiger partial charge in [0.2, 0.25) is 11.8 Å². The van der Waals surface area contributed by atoms with Gasteiger partial charge in [-0.15, -0.1) is 0 Å². The molecule has 136 valence electrons. The third-order valence-electron chi connectivity index (χ3n) is 4.78. The Kier molecular flexibility index (Phi) is 5.53. The van der Waals surface area contributed by atoms with Crippen molar-refractivity contribution in [2.24, 2.45) is 0 Å². The Hall–Kier alpha value is -2.86. The van der Waals surface area contributed by atoms with Gasteiger partial charge < -0.3 is 10.0 Å². The van der Waals surface area contributed by atoms with Crippen molar-refractivity contribution in [2.75, 3.05) is 0 Å². The van der Waals surface area contributed by atoms with Crippen LogP contribution in [0.1, 0.15) is 42.0 Å². The molecule has 0 unspecified atom stereocenters. The Labute approximate surface area is 152 Å². The summed E-state index contributed by atoms with van der Waals surface area (Å²) in [7, 11) is 0. The van der Waals surface area contributed by atoms with Gasteiger partial charge in [-0.25, -0.2) is 5.48 Å². The van der Waals surface area contributed by atoms with Gasteiger partial charge in [-0.3, -0.25) is 14.8 Å². The highest BCUT2D eigenvalue weighted by Gasteiger charge is 2.30. The normalized spacial score (nSPS) is 15.3. The van der Waals surface area contributed by atoms with E-state index in [0.717, 1.165) is 24.0 Å². The van der Waals surface area contributed by atoms with Crippen LogP contribution in [0.2, 0.25) is 0 Å². The molecule has 0 radical (unpaired) electrons.